The van der Waals surface area contributed by atoms with Gasteiger partial charge < -0.3 is 5.32 Å². The SMILES string of the molecule is Fc1c(F)c(F)c(NC2CCSC2)c(F)c1F. The molecular formula is C10H8F5NS. The van der Waals surface area contributed by atoms with E-state index in [9.17, 15) is 22.0 Å². The molecule has 1 atom stereocenters. The van der Waals surface area contributed by atoms with Gasteiger partial charge in [0.15, 0.2) is 23.3 Å². The molecule has 1 N–H and O–H groups in total. The third kappa shape index (κ3) is 2.20. The average molecular weight is 269 g/mol. The van der Waals surface area contributed by atoms with Crippen LogP contribution in [0.25, 0.3) is 0 Å². The van der Waals surface area contributed by atoms with Crippen LogP contribution in [0.5, 0.6) is 0 Å². The minimum absolute atomic E-state index is 0.270. The Balaban J connectivity index is 2.38. The van der Waals surface area contributed by atoms with Gasteiger partial charge in [0.2, 0.25) is 5.82 Å². The number of thioether (sulfide) groups is 1. The summed E-state index contributed by atoms with van der Waals surface area (Å²) in [6.07, 6.45) is 0.629. The van der Waals surface area contributed by atoms with Crippen molar-refractivity contribution < 1.29 is 22.0 Å². The third-order valence-corrected chi connectivity index (χ3v) is 3.65. The Bertz CT molecular complexity index is 416. The van der Waals surface area contributed by atoms with E-state index in [1.165, 1.54) is 0 Å². The number of hydrogen-bond donors (Lipinski definition) is 1. The molecule has 1 aliphatic rings. The van der Waals surface area contributed by atoms with Gasteiger partial charge >= 0.3 is 0 Å². The Morgan fingerprint density at radius 1 is 0.882 bits per heavy atom. The monoisotopic (exact) mass is 269 g/mol. The highest BCUT2D eigenvalue weighted by Gasteiger charge is 2.27. The van der Waals surface area contributed by atoms with Crippen molar-refractivity contribution in [3.05, 3.63) is 29.1 Å². The van der Waals surface area contributed by atoms with E-state index in [4.69, 9.17) is 0 Å². The normalized spacial score (nSPS) is 19.7. The van der Waals surface area contributed by atoms with Gasteiger partial charge in [0, 0.05) is 11.8 Å². The van der Waals surface area contributed by atoms with Gasteiger partial charge in [0.25, 0.3) is 0 Å². The first-order valence-corrected chi connectivity index (χ1v) is 6.03. The van der Waals surface area contributed by atoms with Crippen LogP contribution in [-0.4, -0.2) is 17.5 Å². The van der Waals surface area contributed by atoms with Crippen LogP contribution in [0.3, 0.4) is 0 Å². The predicted molar refractivity (Wildman–Crippen MR) is 55.6 cm³/mol. The van der Waals surface area contributed by atoms with Crippen molar-refractivity contribution in [3.63, 3.8) is 0 Å². The molecule has 1 nitrogen and oxygen atoms in total. The Kier molecular flexibility index (Phi) is 3.46. The summed E-state index contributed by atoms with van der Waals surface area (Å²) in [5.74, 6) is -8.20. The lowest BCUT2D eigenvalue weighted by Crippen LogP contribution is -2.21. The smallest absolute Gasteiger partial charge is 0.200 e. The van der Waals surface area contributed by atoms with Crippen LogP contribution in [0.4, 0.5) is 27.6 Å². The molecule has 0 aliphatic carbocycles. The van der Waals surface area contributed by atoms with E-state index in [0.717, 1.165) is 5.75 Å². The van der Waals surface area contributed by atoms with E-state index < -0.39 is 34.8 Å². The van der Waals surface area contributed by atoms with Gasteiger partial charge in [-0.3, -0.25) is 0 Å². The maximum absolute atomic E-state index is 13.3. The van der Waals surface area contributed by atoms with E-state index in [2.05, 4.69) is 5.32 Å². The second-order valence-corrected chi connectivity index (χ2v) is 4.80. The van der Waals surface area contributed by atoms with Crippen LogP contribution < -0.4 is 5.32 Å². The first-order valence-electron chi connectivity index (χ1n) is 4.88. The number of anilines is 1. The lowest BCUT2D eigenvalue weighted by atomic mass is 10.2. The Morgan fingerprint density at radius 2 is 1.41 bits per heavy atom. The molecule has 1 saturated heterocycles. The molecule has 0 saturated carbocycles. The van der Waals surface area contributed by atoms with Gasteiger partial charge in [-0.1, -0.05) is 0 Å². The van der Waals surface area contributed by atoms with E-state index in [-0.39, 0.29) is 6.04 Å². The van der Waals surface area contributed by atoms with Crippen molar-refractivity contribution in [2.45, 2.75) is 12.5 Å². The average Bonchev–Trinajstić information content (AvgIpc) is 2.82. The molecule has 1 fully saturated rings. The van der Waals surface area contributed by atoms with Crippen LogP contribution in [0.15, 0.2) is 0 Å². The molecule has 17 heavy (non-hydrogen) atoms. The zero-order valence-electron chi connectivity index (χ0n) is 8.50. The minimum Gasteiger partial charge on any atom is -0.377 e. The van der Waals surface area contributed by atoms with Crippen molar-refractivity contribution in [2.75, 3.05) is 16.8 Å². The van der Waals surface area contributed by atoms with E-state index in [0.29, 0.717) is 12.2 Å². The number of benzene rings is 1. The predicted octanol–water partition coefficient (Wildman–Crippen LogP) is 3.30. The highest BCUT2D eigenvalue weighted by molar-refractivity contribution is 7.99. The maximum Gasteiger partial charge on any atom is 0.200 e. The fourth-order valence-electron chi connectivity index (χ4n) is 1.58. The molecule has 7 heteroatoms. The molecule has 1 aromatic carbocycles. The maximum atomic E-state index is 13.3. The summed E-state index contributed by atoms with van der Waals surface area (Å²) in [5.41, 5.74) is -0.936. The largest absolute Gasteiger partial charge is 0.377 e. The molecule has 0 aromatic heterocycles. The molecule has 0 spiro atoms. The summed E-state index contributed by atoms with van der Waals surface area (Å²) in [4.78, 5) is 0. The third-order valence-electron chi connectivity index (χ3n) is 2.49. The molecule has 2 rings (SSSR count). The quantitative estimate of drug-likeness (QED) is 0.502. The summed E-state index contributed by atoms with van der Waals surface area (Å²) in [6.45, 7) is 0. The Morgan fingerprint density at radius 3 is 1.88 bits per heavy atom. The van der Waals surface area contributed by atoms with Gasteiger partial charge in [-0.05, 0) is 12.2 Å². The Hall–Kier alpha value is -0.980. The Labute approximate surface area is 98.4 Å². The van der Waals surface area contributed by atoms with E-state index in [1.54, 1.807) is 11.8 Å². The van der Waals surface area contributed by atoms with E-state index in [1.807, 2.05) is 0 Å². The lowest BCUT2D eigenvalue weighted by molar-refractivity contribution is 0.381. The topological polar surface area (TPSA) is 12.0 Å². The zero-order chi connectivity index (χ0) is 12.6. The second-order valence-electron chi connectivity index (χ2n) is 3.65. The molecule has 1 heterocycles. The van der Waals surface area contributed by atoms with Crippen LogP contribution in [0.1, 0.15) is 6.42 Å². The number of rotatable bonds is 2. The van der Waals surface area contributed by atoms with Crippen molar-refractivity contribution in [1.29, 1.82) is 0 Å². The van der Waals surface area contributed by atoms with Crippen LogP contribution in [-0.2, 0) is 0 Å². The fourth-order valence-corrected chi connectivity index (χ4v) is 2.74. The van der Waals surface area contributed by atoms with Crippen LogP contribution in [0, 0.1) is 29.1 Å². The molecular weight excluding hydrogens is 261 g/mol. The van der Waals surface area contributed by atoms with Gasteiger partial charge in [-0.2, -0.15) is 11.8 Å². The van der Waals surface area contributed by atoms with Crippen LogP contribution in [0.2, 0.25) is 0 Å². The fraction of sp³-hybridized carbons (Fsp3) is 0.400. The van der Waals surface area contributed by atoms with Crippen molar-refractivity contribution in [2.24, 2.45) is 0 Å². The van der Waals surface area contributed by atoms with Gasteiger partial charge in [0.05, 0.1) is 0 Å². The highest BCUT2D eigenvalue weighted by atomic mass is 32.2. The van der Waals surface area contributed by atoms with Crippen molar-refractivity contribution >= 4 is 17.4 Å². The first-order chi connectivity index (χ1) is 8.02. The second kappa shape index (κ2) is 4.72. The molecule has 0 bridgehead atoms. The molecule has 0 radical (unpaired) electrons. The number of hydrogen-bond acceptors (Lipinski definition) is 2. The summed E-state index contributed by atoms with van der Waals surface area (Å²) in [6, 6.07) is -0.270. The molecule has 1 aliphatic heterocycles. The summed E-state index contributed by atoms with van der Waals surface area (Å²) < 4.78 is 65.0. The summed E-state index contributed by atoms with van der Waals surface area (Å²) in [7, 11) is 0. The summed E-state index contributed by atoms with van der Waals surface area (Å²) >= 11 is 1.56. The zero-order valence-corrected chi connectivity index (χ0v) is 9.31. The van der Waals surface area contributed by atoms with Gasteiger partial charge in [-0.25, -0.2) is 22.0 Å². The van der Waals surface area contributed by atoms with E-state index >= 15 is 0 Å². The number of nitrogens with one attached hydrogen (secondary N) is 1. The molecule has 0 amide bonds. The lowest BCUT2D eigenvalue weighted by Gasteiger charge is -2.15. The van der Waals surface area contributed by atoms with Gasteiger partial charge in [-0.15, -0.1) is 0 Å². The molecule has 1 unspecified atom stereocenters. The highest BCUT2D eigenvalue weighted by Crippen LogP contribution is 2.29. The van der Waals surface area contributed by atoms with Gasteiger partial charge in [0.1, 0.15) is 5.69 Å². The standard InChI is InChI=1S/C10H8F5NS/c11-5-6(12)8(14)10(9(15)7(5)13)16-4-1-2-17-3-4/h4,16H,1-3H2. The molecule has 94 valence electrons. The molecule has 1 aromatic rings. The van der Waals surface area contributed by atoms with Crippen LogP contribution >= 0.6 is 11.8 Å². The number of halogens is 5. The minimum atomic E-state index is -2.13. The summed E-state index contributed by atoms with van der Waals surface area (Å²) in [5, 5.41) is 2.37. The first kappa shape index (κ1) is 12.5. The van der Waals surface area contributed by atoms with Crippen molar-refractivity contribution in [3.8, 4) is 0 Å². The van der Waals surface area contributed by atoms with Crippen molar-refractivity contribution in [1.82, 2.24) is 0 Å².